The van der Waals surface area contributed by atoms with Crippen LogP contribution >= 0.6 is 15.9 Å². The van der Waals surface area contributed by atoms with Crippen molar-refractivity contribution in [3.63, 3.8) is 0 Å². The van der Waals surface area contributed by atoms with Gasteiger partial charge in [0.1, 0.15) is 5.82 Å². The standard InChI is InChI=1S/C18H19BrFN3O3S/c1-22-8-10-23(11-9-22)27(25,26)15-5-3-14(4-6-15)21-18(24)16-7-2-13(20)12-17(16)19/h2-7,12H,8-11H2,1H3,(H,21,24). The zero-order valence-corrected chi connectivity index (χ0v) is 17.1. The van der Waals surface area contributed by atoms with E-state index in [9.17, 15) is 17.6 Å². The first-order valence-electron chi connectivity index (χ1n) is 8.32. The molecule has 1 amide bonds. The minimum absolute atomic E-state index is 0.188. The molecule has 0 bridgehead atoms. The lowest BCUT2D eigenvalue weighted by atomic mass is 10.2. The largest absolute Gasteiger partial charge is 0.322 e. The summed E-state index contributed by atoms with van der Waals surface area (Å²) in [6.07, 6.45) is 0. The van der Waals surface area contributed by atoms with Gasteiger partial charge in [0.2, 0.25) is 10.0 Å². The fraction of sp³-hybridized carbons (Fsp3) is 0.278. The van der Waals surface area contributed by atoms with E-state index in [4.69, 9.17) is 0 Å². The number of piperazine rings is 1. The van der Waals surface area contributed by atoms with Gasteiger partial charge in [-0.3, -0.25) is 4.79 Å². The van der Waals surface area contributed by atoms with Gasteiger partial charge in [0.15, 0.2) is 0 Å². The summed E-state index contributed by atoms with van der Waals surface area (Å²) in [5, 5.41) is 2.68. The van der Waals surface area contributed by atoms with Crippen LogP contribution in [-0.4, -0.2) is 56.8 Å². The van der Waals surface area contributed by atoms with Gasteiger partial charge in [-0.2, -0.15) is 4.31 Å². The monoisotopic (exact) mass is 455 g/mol. The number of hydrogen-bond donors (Lipinski definition) is 1. The zero-order chi connectivity index (χ0) is 19.6. The Morgan fingerprint density at radius 2 is 1.70 bits per heavy atom. The molecule has 1 saturated heterocycles. The van der Waals surface area contributed by atoms with Gasteiger partial charge in [0.25, 0.3) is 5.91 Å². The lowest BCUT2D eigenvalue weighted by Crippen LogP contribution is -2.46. The topological polar surface area (TPSA) is 69.7 Å². The van der Waals surface area contributed by atoms with Gasteiger partial charge < -0.3 is 10.2 Å². The van der Waals surface area contributed by atoms with Gasteiger partial charge in [0, 0.05) is 36.3 Å². The van der Waals surface area contributed by atoms with Crippen LogP contribution in [0.1, 0.15) is 10.4 Å². The molecular formula is C18H19BrFN3O3S. The van der Waals surface area contributed by atoms with E-state index in [1.54, 1.807) is 0 Å². The van der Waals surface area contributed by atoms with Crippen molar-refractivity contribution in [1.82, 2.24) is 9.21 Å². The van der Waals surface area contributed by atoms with Gasteiger partial charge in [-0.05, 0) is 65.4 Å². The van der Waals surface area contributed by atoms with Crippen LogP contribution in [0.5, 0.6) is 0 Å². The molecule has 0 saturated carbocycles. The Kier molecular flexibility index (Phi) is 5.95. The smallest absolute Gasteiger partial charge is 0.256 e. The minimum Gasteiger partial charge on any atom is -0.322 e. The number of rotatable bonds is 4. The lowest BCUT2D eigenvalue weighted by molar-refractivity contribution is 0.102. The van der Waals surface area contributed by atoms with Crippen molar-refractivity contribution in [2.45, 2.75) is 4.90 Å². The van der Waals surface area contributed by atoms with E-state index in [0.717, 1.165) is 0 Å². The molecule has 0 spiro atoms. The minimum atomic E-state index is -3.55. The number of halogens is 2. The maximum absolute atomic E-state index is 13.1. The summed E-state index contributed by atoms with van der Waals surface area (Å²) in [5.41, 5.74) is 0.735. The number of sulfonamides is 1. The SMILES string of the molecule is CN1CCN(S(=O)(=O)c2ccc(NC(=O)c3ccc(F)cc3Br)cc2)CC1. The van der Waals surface area contributed by atoms with Crippen molar-refractivity contribution in [2.24, 2.45) is 0 Å². The van der Waals surface area contributed by atoms with E-state index in [1.165, 1.54) is 46.8 Å². The van der Waals surface area contributed by atoms with Crippen LogP contribution in [0.4, 0.5) is 10.1 Å². The van der Waals surface area contributed by atoms with Crippen LogP contribution < -0.4 is 5.32 Å². The van der Waals surface area contributed by atoms with Gasteiger partial charge >= 0.3 is 0 Å². The highest BCUT2D eigenvalue weighted by Gasteiger charge is 2.27. The number of amides is 1. The predicted molar refractivity (Wildman–Crippen MR) is 105 cm³/mol. The molecule has 1 fully saturated rings. The average molecular weight is 456 g/mol. The first kappa shape index (κ1) is 19.9. The summed E-state index contributed by atoms with van der Waals surface area (Å²) in [5.74, 6) is -0.867. The molecule has 0 atom stereocenters. The van der Waals surface area contributed by atoms with Gasteiger partial charge in [0.05, 0.1) is 10.5 Å². The summed E-state index contributed by atoms with van der Waals surface area (Å²) in [7, 11) is -1.59. The highest BCUT2D eigenvalue weighted by Crippen LogP contribution is 2.22. The van der Waals surface area contributed by atoms with E-state index >= 15 is 0 Å². The van der Waals surface area contributed by atoms with Gasteiger partial charge in [-0.1, -0.05) is 0 Å². The molecule has 27 heavy (non-hydrogen) atoms. The molecule has 1 N–H and O–H groups in total. The Morgan fingerprint density at radius 1 is 1.07 bits per heavy atom. The molecule has 6 nitrogen and oxygen atoms in total. The molecule has 2 aromatic carbocycles. The molecule has 1 aliphatic rings. The quantitative estimate of drug-likeness (QED) is 0.769. The van der Waals surface area contributed by atoms with Gasteiger partial charge in [-0.25, -0.2) is 12.8 Å². The normalized spacial score (nSPS) is 16.3. The van der Waals surface area contributed by atoms with E-state index < -0.39 is 21.7 Å². The second-order valence-corrected chi connectivity index (χ2v) is 9.10. The Labute approximate surface area is 166 Å². The molecule has 2 aromatic rings. The molecule has 3 rings (SSSR count). The summed E-state index contributed by atoms with van der Waals surface area (Å²) in [6.45, 7) is 2.30. The Morgan fingerprint density at radius 3 is 2.30 bits per heavy atom. The molecule has 1 aliphatic heterocycles. The fourth-order valence-corrected chi connectivity index (χ4v) is 4.71. The summed E-state index contributed by atoms with van der Waals surface area (Å²) >= 11 is 3.16. The van der Waals surface area contributed by atoms with Gasteiger partial charge in [-0.15, -0.1) is 0 Å². The van der Waals surface area contributed by atoms with Crippen molar-refractivity contribution < 1.29 is 17.6 Å². The molecule has 0 aromatic heterocycles. The molecule has 9 heteroatoms. The number of nitrogens with one attached hydrogen (secondary N) is 1. The predicted octanol–water partition coefficient (Wildman–Crippen LogP) is 2.78. The molecule has 144 valence electrons. The van der Waals surface area contributed by atoms with Crippen LogP contribution in [0, 0.1) is 5.82 Å². The van der Waals surface area contributed by atoms with Crippen LogP contribution in [0.2, 0.25) is 0 Å². The van der Waals surface area contributed by atoms with E-state index in [-0.39, 0.29) is 10.5 Å². The molecule has 1 heterocycles. The number of hydrogen-bond acceptors (Lipinski definition) is 4. The number of carbonyl (C=O) groups excluding carboxylic acids is 1. The third-order valence-electron chi connectivity index (χ3n) is 4.39. The number of carbonyl (C=O) groups is 1. The van der Waals surface area contributed by atoms with Crippen molar-refractivity contribution >= 4 is 37.5 Å². The summed E-state index contributed by atoms with van der Waals surface area (Å²) in [6, 6.07) is 9.81. The number of benzene rings is 2. The van der Waals surface area contributed by atoms with Crippen LogP contribution in [0.3, 0.4) is 0 Å². The van der Waals surface area contributed by atoms with E-state index in [2.05, 4.69) is 26.1 Å². The Bertz CT molecular complexity index is 943. The van der Waals surface area contributed by atoms with Crippen molar-refractivity contribution in [1.29, 1.82) is 0 Å². The number of likely N-dealkylation sites (N-methyl/N-ethyl adjacent to an activating group) is 1. The fourth-order valence-electron chi connectivity index (χ4n) is 2.76. The molecule has 0 unspecified atom stereocenters. The second kappa shape index (κ2) is 8.05. The average Bonchev–Trinajstić information content (AvgIpc) is 2.62. The molecular weight excluding hydrogens is 437 g/mol. The van der Waals surface area contributed by atoms with Crippen molar-refractivity contribution in [3.8, 4) is 0 Å². The maximum Gasteiger partial charge on any atom is 0.256 e. The first-order valence-corrected chi connectivity index (χ1v) is 10.6. The van der Waals surface area contributed by atoms with E-state index in [1.807, 2.05) is 7.05 Å². The summed E-state index contributed by atoms with van der Waals surface area (Å²) < 4.78 is 40.4. The zero-order valence-electron chi connectivity index (χ0n) is 14.7. The Balaban J connectivity index is 1.72. The van der Waals surface area contributed by atoms with E-state index in [0.29, 0.717) is 36.3 Å². The highest BCUT2D eigenvalue weighted by atomic mass is 79.9. The summed E-state index contributed by atoms with van der Waals surface area (Å²) in [4.78, 5) is 14.6. The lowest BCUT2D eigenvalue weighted by Gasteiger charge is -2.31. The first-order chi connectivity index (χ1) is 12.8. The molecule has 0 radical (unpaired) electrons. The number of nitrogens with zero attached hydrogens (tertiary/aromatic N) is 2. The second-order valence-electron chi connectivity index (χ2n) is 6.31. The highest BCUT2D eigenvalue weighted by molar-refractivity contribution is 9.10. The van der Waals surface area contributed by atoms with Crippen LogP contribution in [0.15, 0.2) is 51.8 Å². The van der Waals surface area contributed by atoms with Crippen molar-refractivity contribution in [3.05, 3.63) is 58.3 Å². The van der Waals surface area contributed by atoms with Crippen LogP contribution in [-0.2, 0) is 10.0 Å². The maximum atomic E-state index is 13.1. The van der Waals surface area contributed by atoms with Crippen LogP contribution in [0.25, 0.3) is 0 Å². The Hall–Kier alpha value is -1.81. The third kappa shape index (κ3) is 4.55. The third-order valence-corrected chi connectivity index (χ3v) is 6.96. The number of anilines is 1. The van der Waals surface area contributed by atoms with Crippen molar-refractivity contribution in [2.75, 3.05) is 38.5 Å². The molecule has 0 aliphatic carbocycles.